The van der Waals surface area contributed by atoms with E-state index in [1.54, 1.807) is 12.1 Å². The van der Waals surface area contributed by atoms with E-state index in [1.165, 1.54) is 31.7 Å². The summed E-state index contributed by atoms with van der Waals surface area (Å²) in [4.78, 5) is 0. The molecule has 1 unspecified atom stereocenters. The van der Waals surface area contributed by atoms with Gasteiger partial charge in [-0.05, 0) is 67.7 Å². The first-order valence-electron chi connectivity index (χ1n) is 7.57. The normalized spacial score (nSPS) is 20.4. The van der Waals surface area contributed by atoms with Crippen LogP contribution in [0.5, 0.6) is 0 Å². The highest BCUT2D eigenvalue weighted by Gasteiger charge is 2.41. The fourth-order valence-electron chi connectivity index (χ4n) is 3.11. The lowest BCUT2D eigenvalue weighted by Crippen LogP contribution is -2.33. The van der Waals surface area contributed by atoms with E-state index >= 15 is 0 Å². The molecule has 110 valence electrons. The topological polar surface area (TPSA) is 38.0 Å². The molecular formula is C16H22ClFN2. The first-order chi connectivity index (χ1) is 9.69. The van der Waals surface area contributed by atoms with Crippen LogP contribution in [0.25, 0.3) is 0 Å². The fourth-order valence-corrected chi connectivity index (χ4v) is 3.30. The average Bonchev–Trinajstić information content (AvgIpc) is 3.31. The quantitative estimate of drug-likeness (QED) is 0.808. The Labute approximate surface area is 124 Å². The highest BCUT2D eigenvalue weighted by Crippen LogP contribution is 2.49. The van der Waals surface area contributed by atoms with Gasteiger partial charge in [0.15, 0.2) is 0 Å². The van der Waals surface area contributed by atoms with Crippen LogP contribution in [-0.4, -0.2) is 13.1 Å². The molecule has 1 aromatic carbocycles. The summed E-state index contributed by atoms with van der Waals surface area (Å²) in [6.45, 7) is 1.52. The highest BCUT2D eigenvalue weighted by atomic mass is 35.5. The largest absolute Gasteiger partial charge is 0.329 e. The second-order valence-electron chi connectivity index (χ2n) is 6.21. The molecule has 0 amide bonds. The van der Waals surface area contributed by atoms with Gasteiger partial charge >= 0.3 is 0 Å². The molecule has 3 N–H and O–H groups in total. The number of benzene rings is 1. The summed E-state index contributed by atoms with van der Waals surface area (Å²) in [5.74, 6) is 2.27. The van der Waals surface area contributed by atoms with Crippen LogP contribution in [0.3, 0.4) is 0 Å². The van der Waals surface area contributed by atoms with E-state index in [1.807, 2.05) is 0 Å². The van der Waals surface area contributed by atoms with E-state index < -0.39 is 0 Å². The van der Waals surface area contributed by atoms with Gasteiger partial charge in [-0.25, -0.2) is 4.39 Å². The maximum Gasteiger partial charge on any atom is 0.141 e. The van der Waals surface area contributed by atoms with Crippen molar-refractivity contribution in [2.75, 3.05) is 13.1 Å². The molecule has 2 aliphatic carbocycles. The summed E-state index contributed by atoms with van der Waals surface area (Å²) in [5, 5.41) is 3.74. The molecule has 2 fully saturated rings. The van der Waals surface area contributed by atoms with Crippen LogP contribution in [0, 0.1) is 23.6 Å². The first-order valence-corrected chi connectivity index (χ1v) is 7.95. The molecule has 0 aromatic heterocycles. The Kier molecular flexibility index (Phi) is 4.29. The smallest absolute Gasteiger partial charge is 0.141 e. The van der Waals surface area contributed by atoms with E-state index in [4.69, 9.17) is 17.3 Å². The molecule has 2 nitrogen and oxygen atoms in total. The molecule has 1 aromatic rings. The third-order valence-corrected chi connectivity index (χ3v) is 4.93. The van der Waals surface area contributed by atoms with Gasteiger partial charge in [0, 0.05) is 12.6 Å². The summed E-state index contributed by atoms with van der Waals surface area (Å²) >= 11 is 5.85. The number of halogens is 2. The van der Waals surface area contributed by atoms with Gasteiger partial charge in [0.25, 0.3) is 0 Å². The summed E-state index contributed by atoms with van der Waals surface area (Å²) < 4.78 is 13.2. The van der Waals surface area contributed by atoms with Crippen molar-refractivity contribution < 1.29 is 4.39 Å². The molecule has 0 spiro atoms. The zero-order chi connectivity index (χ0) is 14.1. The second-order valence-corrected chi connectivity index (χ2v) is 6.62. The lowest BCUT2D eigenvalue weighted by Gasteiger charge is -2.22. The summed E-state index contributed by atoms with van der Waals surface area (Å²) in [7, 11) is 0. The van der Waals surface area contributed by atoms with Gasteiger partial charge in [0.05, 0.1) is 5.02 Å². The molecule has 0 radical (unpaired) electrons. The van der Waals surface area contributed by atoms with Crippen molar-refractivity contribution in [1.82, 2.24) is 5.32 Å². The average molecular weight is 297 g/mol. The van der Waals surface area contributed by atoms with Crippen LogP contribution in [0.1, 0.15) is 37.3 Å². The molecule has 20 heavy (non-hydrogen) atoms. The van der Waals surface area contributed by atoms with E-state index in [2.05, 4.69) is 5.32 Å². The second kappa shape index (κ2) is 6.00. The Bertz CT molecular complexity index is 460. The Morgan fingerprint density at radius 3 is 2.40 bits per heavy atom. The van der Waals surface area contributed by atoms with Gasteiger partial charge in [-0.2, -0.15) is 0 Å². The predicted molar refractivity (Wildman–Crippen MR) is 80.1 cm³/mol. The maximum absolute atomic E-state index is 13.2. The van der Waals surface area contributed by atoms with Crippen molar-refractivity contribution in [3.05, 3.63) is 34.6 Å². The summed E-state index contributed by atoms with van der Waals surface area (Å²) in [5.41, 5.74) is 6.84. The van der Waals surface area contributed by atoms with E-state index in [0.29, 0.717) is 6.54 Å². The Balaban J connectivity index is 1.62. The minimum absolute atomic E-state index is 0.0631. The van der Waals surface area contributed by atoms with Crippen LogP contribution < -0.4 is 11.1 Å². The Morgan fingerprint density at radius 2 is 1.90 bits per heavy atom. The van der Waals surface area contributed by atoms with Crippen LogP contribution in [0.4, 0.5) is 4.39 Å². The minimum atomic E-state index is -0.375. The van der Waals surface area contributed by atoms with Crippen LogP contribution in [-0.2, 0) is 0 Å². The van der Waals surface area contributed by atoms with Crippen molar-refractivity contribution in [3.8, 4) is 0 Å². The number of nitrogens with two attached hydrogens (primary N) is 1. The van der Waals surface area contributed by atoms with E-state index in [9.17, 15) is 4.39 Å². The third-order valence-electron chi connectivity index (χ3n) is 4.64. The molecule has 4 heteroatoms. The molecule has 0 aliphatic heterocycles. The van der Waals surface area contributed by atoms with Gasteiger partial charge in [0.1, 0.15) is 5.82 Å². The number of rotatable bonds is 7. The minimum Gasteiger partial charge on any atom is -0.329 e. The molecule has 0 bridgehead atoms. The number of hydrogen-bond acceptors (Lipinski definition) is 2. The zero-order valence-electron chi connectivity index (χ0n) is 11.6. The number of nitrogens with one attached hydrogen (secondary N) is 1. The lowest BCUT2D eigenvalue weighted by atomic mass is 9.97. The van der Waals surface area contributed by atoms with Gasteiger partial charge < -0.3 is 11.1 Å². The molecule has 3 rings (SSSR count). The van der Waals surface area contributed by atoms with Gasteiger partial charge in [0.2, 0.25) is 0 Å². The molecule has 2 aliphatic rings. The number of hydrogen-bond donors (Lipinski definition) is 2. The van der Waals surface area contributed by atoms with Crippen LogP contribution in [0.15, 0.2) is 18.2 Å². The van der Waals surface area contributed by atoms with Gasteiger partial charge in [-0.15, -0.1) is 0 Å². The van der Waals surface area contributed by atoms with Crippen molar-refractivity contribution in [2.45, 2.75) is 31.7 Å². The van der Waals surface area contributed by atoms with Crippen LogP contribution in [0.2, 0.25) is 5.02 Å². The zero-order valence-corrected chi connectivity index (χ0v) is 12.4. The molecule has 1 atom stereocenters. The monoisotopic (exact) mass is 296 g/mol. The van der Waals surface area contributed by atoms with Crippen molar-refractivity contribution in [1.29, 1.82) is 0 Å². The summed E-state index contributed by atoms with van der Waals surface area (Å²) in [6, 6.07) is 4.94. The van der Waals surface area contributed by atoms with Gasteiger partial charge in [-0.1, -0.05) is 17.7 Å². The standard InChI is InChI=1S/C16H22ClFN2/c17-14-7-12(5-6-15(14)18)16(8-19)20-9-13(10-1-2-10)11-3-4-11/h5-7,10-11,13,16,20H,1-4,8-9,19H2. The lowest BCUT2D eigenvalue weighted by molar-refractivity contribution is 0.357. The Morgan fingerprint density at radius 1 is 1.25 bits per heavy atom. The fraction of sp³-hybridized carbons (Fsp3) is 0.625. The third kappa shape index (κ3) is 3.33. The van der Waals surface area contributed by atoms with Crippen LogP contribution >= 0.6 is 11.6 Å². The van der Waals surface area contributed by atoms with E-state index in [-0.39, 0.29) is 16.9 Å². The SMILES string of the molecule is NCC(NCC(C1CC1)C1CC1)c1ccc(F)c(Cl)c1. The van der Waals surface area contributed by atoms with Crippen molar-refractivity contribution in [2.24, 2.45) is 23.5 Å². The Hall–Kier alpha value is -0.640. The molecule has 0 saturated heterocycles. The van der Waals surface area contributed by atoms with Crippen molar-refractivity contribution in [3.63, 3.8) is 0 Å². The predicted octanol–water partition coefficient (Wildman–Crippen LogP) is 3.50. The first kappa shape index (κ1) is 14.3. The highest BCUT2D eigenvalue weighted by molar-refractivity contribution is 6.30. The maximum atomic E-state index is 13.2. The molecular weight excluding hydrogens is 275 g/mol. The van der Waals surface area contributed by atoms with E-state index in [0.717, 1.165) is 29.9 Å². The van der Waals surface area contributed by atoms with Gasteiger partial charge in [-0.3, -0.25) is 0 Å². The molecule has 0 heterocycles. The summed E-state index contributed by atoms with van der Waals surface area (Å²) in [6.07, 6.45) is 5.55. The van der Waals surface area contributed by atoms with Crippen molar-refractivity contribution >= 4 is 11.6 Å². The molecule has 2 saturated carbocycles.